The van der Waals surface area contributed by atoms with Gasteiger partial charge in [0.15, 0.2) is 6.23 Å². The summed E-state index contributed by atoms with van der Waals surface area (Å²) in [6.45, 7) is -0.172. The number of aromatic nitrogens is 3. The van der Waals surface area contributed by atoms with Crippen LogP contribution in [0.3, 0.4) is 0 Å². The predicted molar refractivity (Wildman–Crippen MR) is 68.3 cm³/mol. The lowest BCUT2D eigenvalue weighted by Gasteiger charge is -2.17. The molecule has 2 aromatic heterocycles. The van der Waals surface area contributed by atoms with Crippen LogP contribution in [-0.2, 0) is 4.74 Å². The first-order valence-corrected chi connectivity index (χ1v) is 6.11. The third kappa shape index (κ3) is 1.80. The highest BCUT2D eigenvalue weighted by Gasteiger charge is 2.36. The molecular formula is C12H13N5O3. The largest absolute Gasteiger partial charge is 0.394 e. The molecule has 1 aliphatic heterocycles. The zero-order valence-corrected chi connectivity index (χ0v) is 10.5. The van der Waals surface area contributed by atoms with Gasteiger partial charge < -0.3 is 25.3 Å². The summed E-state index contributed by atoms with van der Waals surface area (Å²) in [6.07, 6.45) is 1.22. The van der Waals surface area contributed by atoms with Gasteiger partial charge in [0.25, 0.3) is 0 Å². The van der Waals surface area contributed by atoms with Crippen molar-refractivity contribution in [2.75, 3.05) is 12.3 Å². The van der Waals surface area contributed by atoms with E-state index in [1.807, 2.05) is 6.07 Å². The van der Waals surface area contributed by atoms with Crippen LogP contribution in [0.15, 0.2) is 12.5 Å². The van der Waals surface area contributed by atoms with Crippen LogP contribution in [0.4, 0.5) is 5.82 Å². The molecule has 1 saturated heterocycles. The summed E-state index contributed by atoms with van der Waals surface area (Å²) >= 11 is 0. The number of aliphatic hydroxyl groups excluding tert-OH is 2. The number of rotatable bonds is 2. The maximum absolute atomic E-state index is 10.0. The Hall–Kier alpha value is -2.21. The van der Waals surface area contributed by atoms with Crippen molar-refractivity contribution in [3.8, 4) is 6.07 Å². The molecule has 0 spiro atoms. The molecule has 0 aromatic carbocycles. The van der Waals surface area contributed by atoms with E-state index < -0.39 is 18.4 Å². The quantitative estimate of drug-likeness (QED) is 0.675. The van der Waals surface area contributed by atoms with Crippen LogP contribution in [0, 0.1) is 11.3 Å². The van der Waals surface area contributed by atoms with Gasteiger partial charge in [0, 0.05) is 12.6 Å². The molecule has 1 aliphatic rings. The van der Waals surface area contributed by atoms with Gasteiger partial charge in [-0.05, 0) is 0 Å². The van der Waals surface area contributed by atoms with Gasteiger partial charge in [0.05, 0.1) is 23.7 Å². The molecule has 4 N–H and O–H groups in total. The van der Waals surface area contributed by atoms with E-state index in [0.29, 0.717) is 23.0 Å². The number of fused-ring (bicyclic) bond motifs is 1. The Morgan fingerprint density at radius 2 is 2.35 bits per heavy atom. The second-order valence-corrected chi connectivity index (χ2v) is 4.65. The summed E-state index contributed by atoms with van der Waals surface area (Å²) in [6, 6.07) is 2.03. The fourth-order valence-corrected chi connectivity index (χ4v) is 2.48. The first-order valence-electron chi connectivity index (χ1n) is 6.11. The van der Waals surface area contributed by atoms with Gasteiger partial charge in [-0.25, -0.2) is 9.97 Å². The fourth-order valence-electron chi connectivity index (χ4n) is 2.48. The Morgan fingerprint density at radius 3 is 3.00 bits per heavy atom. The van der Waals surface area contributed by atoms with E-state index in [2.05, 4.69) is 9.97 Å². The highest BCUT2D eigenvalue weighted by atomic mass is 16.5. The predicted octanol–water partition coefficient (Wildman–Crippen LogP) is -0.474. The first kappa shape index (κ1) is 12.8. The molecule has 3 heterocycles. The molecule has 0 aliphatic carbocycles. The molecule has 20 heavy (non-hydrogen) atoms. The number of anilines is 1. The summed E-state index contributed by atoms with van der Waals surface area (Å²) < 4.78 is 7.13. The molecule has 8 heteroatoms. The summed E-state index contributed by atoms with van der Waals surface area (Å²) in [5, 5.41) is 28.8. The van der Waals surface area contributed by atoms with Gasteiger partial charge in [-0.2, -0.15) is 5.26 Å². The van der Waals surface area contributed by atoms with Crippen LogP contribution in [0.1, 0.15) is 18.2 Å². The van der Waals surface area contributed by atoms with Gasteiger partial charge in [0.1, 0.15) is 30.0 Å². The monoisotopic (exact) mass is 275 g/mol. The summed E-state index contributed by atoms with van der Waals surface area (Å²) in [5.41, 5.74) is 6.52. The van der Waals surface area contributed by atoms with E-state index in [0.717, 1.165) is 0 Å². The maximum atomic E-state index is 10.0. The molecule has 3 atom stereocenters. The molecule has 1 unspecified atom stereocenters. The number of ether oxygens (including phenoxy) is 1. The van der Waals surface area contributed by atoms with Crippen LogP contribution >= 0.6 is 0 Å². The van der Waals surface area contributed by atoms with E-state index in [-0.39, 0.29) is 12.4 Å². The van der Waals surface area contributed by atoms with Crippen LogP contribution in [-0.4, -0.2) is 43.6 Å². The average Bonchev–Trinajstić information content (AvgIpc) is 3.00. The number of aliphatic hydroxyl groups is 2. The Bertz CT molecular complexity index is 692. The third-order valence-corrected chi connectivity index (χ3v) is 3.40. The van der Waals surface area contributed by atoms with E-state index >= 15 is 0 Å². The molecular weight excluding hydrogens is 262 g/mol. The molecule has 2 aromatic rings. The van der Waals surface area contributed by atoms with Crippen LogP contribution in [0.5, 0.6) is 0 Å². The minimum absolute atomic E-state index is 0.172. The van der Waals surface area contributed by atoms with Crippen LogP contribution < -0.4 is 5.73 Å². The van der Waals surface area contributed by atoms with E-state index in [1.165, 1.54) is 12.5 Å². The Morgan fingerprint density at radius 1 is 1.55 bits per heavy atom. The lowest BCUT2D eigenvalue weighted by atomic mass is 10.2. The van der Waals surface area contributed by atoms with Crippen molar-refractivity contribution >= 4 is 16.9 Å². The molecule has 1 fully saturated rings. The second-order valence-electron chi connectivity index (χ2n) is 4.65. The number of nitriles is 1. The molecule has 3 rings (SSSR count). The lowest BCUT2D eigenvalue weighted by molar-refractivity contribution is -0.0484. The van der Waals surface area contributed by atoms with Crippen LogP contribution in [0.25, 0.3) is 11.0 Å². The standard InChI is InChI=1S/C12H13N5O3/c13-2-6-3-17(11-9(6)10(14)15-5-16-11)12-8(19)1-7(4-18)20-12/h3,5,7-8,12,18-19H,1,4H2,(H2,14,15,16)/t7-,8+,12?/m0/s1. The first-order chi connectivity index (χ1) is 9.65. The molecule has 0 saturated carbocycles. The number of nitrogens with two attached hydrogens (primary N) is 1. The SMILES string of the molecule is N#Cc1cn(C2O[C@H](CO)C[C@H]2O)c2ncnc(N)c12. The van der Waals surface area contributed by atoms with Crippen molar-refractivity contribution in [2.45, 2.75) is 24.9 Å². The normalized spacial score (nSPS) is 25.9. The average molecular weight is 275 g/mol. The minimum Gasteiger partial charge on any atom is -0.394 e. The van der Waals surface area contributed by atoms with E-state index in [9.17, 15) is 5.11 Å². The summed E-state index contributed by atoms with van der Waals surface area (Å²) in [7, 11) is 0. The second kappa shape index (κ2) is 4.72. The fraction of sp³-hybridized carbons (Fsp3) is 0.417. The number of hydrogen-bond acceptors (Lipinski definition) is 7. The Kier molecular flexibility index (Phi) is 3.02. The molecule has 0 bridgehead atoms. The summed E-state index contributed by atoms with van der Waals surface area (Å²) in [4.78, 5) is 7.97. The Balaban J connectivity index is 2.14. The van der Waals surface area contributed by atoms with Gasteiger partial charge in [-0.1, -0.05) is 0 Å². The van der Waals surface area contributed by atoms with E-state index in [4.69, 9.17) is 20.8 Å². The number of hydrogen-bond donors (Lipinski definition) is 3. The third-order valence-electron chi connectivity index (χ3n) is 3.40. The molecule has 8 nitrogen and oxygen atoms in total. The molecule has 104 valence electrons. The van der Waals surface area contributed by atoms with Crippen molar-refractivity contribution in [1.82, 2.24) is 14.5 Å². The Labute approximate surface area is 114 Å². The van der Waals surface area contributed by atoms with Gasteiger partial charge in [0.2, 0.25) is 0 Å². The lowest BCUT2D eigenvalue weighted by Crippen LogP contribution is -2.19. The van der Waals surface area contributed by atoms with E-state index in [1.54, 1.807) is 4.57 Å². The van der Waals surface area contributed by atoms with Crippen molar-refractivity contribution < 1.29 is 14.9 Å². The number of nitrogen functional groups attached to an aromatic ring is 1. The van der Waals surface area contributed by atoms with Crippen molar-refractivity contribution in [3.63, 3.8) is 0 Å². The maximum Gasteiger partial charge on any atom is 0.161 e. The van der Waals surface area contributed by atoms with Gasteiger partial charge >= 0.3 is 0 Å². The molecule has 0 radical (unpaired) electrons. The van der Waals surface area contributed by atoms with Crippen molar-refractivity contribution in [2.24, 2.45) is 0 Å². The highest BCUT2D eigenvalue weighted by molar-refractivity contribution is 5.91. The molecule has 0 amide bonds. The van der Waals surface area contributed by atoms with Gasteiger partial charge in [-0.3, -0.25) is 0 Å². The van der Waals surface area contributed by atoms with Gasteiger partial charge in [-0.15, -0.1) is 0 Å². The van der Waals surface area contributed by atoms with Crippen LogP contribution in [0.2, 0.25) is 0 Å². The highest BCUT2D eigenvalue weighted by Crippen LogP contribution is 2.33. The smallest absolute Gasteiger partial charge is 0.161 e. The topological polar surface area (TPSA) is 130 Å². The number of nitrogens with zero attached hydrogens (tertiary/aromatic N) is 4. The zero-order valence-electron chi connectivity index (χ0n) is 10.5. The summed E-state index contributed by atoms with van der Waals surface area (Å²) in [5.74, 6) is 0.205. The minimum atomic E-state index is -0.787. The van der Waals surface area contributed by atoms with Crippen molar-refractivity contribution in [1.29, 1.82) is 5.26 Å². The van der Waals surface area contributed by atoms with Crippen molar-refractivity contribution in [3.05, 3.63) is 18.1 Å². The zero-order chi connectivity index (χ0) is 14.3.